The molecular weight excluding hydrogens is 424 g/mol. The maximum atomic E-state index is 12.5. The number of carbonyl (C=O) groups excluding carboxylic acids is 7. The largest absolute Gasteiger partial charge is 0.370 e. The molecule has 0 aromatic rings. The molecule has 0 saturated carbocycles. The highest BCUT2D eigenvalue weighted by atomic mass is 16.2. The van der Waals surface area contributed by atoms with Crippen LogP contribution < -0.4 is 32.7 Å². The molecule has 0 saturated heterocycles. The maximum Gasteiger partial charge on any atom is 0.243 e. The van der Waals surface area contributed by atoms with Crippen LogP contribution in [0.4, 0.5) is 0 Å². The first-order valence-corrected chi connectivity index (χ1v) is 9.92. The van der Waals surface area contributed by atoms with Crippen molar-refractivity contribution in [2.24, 2.45) is 16.9 Å². The Labute approximate surface area is 185 Å². The van der Waals surface area contributed by atoms with Crippen molar-refractivity contribution in [1.29, 1.82) is 0 Å². The highest BCUT2D eigenvalue weighted by molar-refractivity contribution is 5.95. The van der Waals surface area contributed by atoms with Gasteiger partial charge in [-0.15, -0.1) is 0 Å². The summed E-state index contributed by atoms with van der Waals surface area (Å²) in [6.45, 7) is 4.06. The molecule has 32 heavy (non-hydrogen) atoms. The van der Waals surface area contributed by atoms with E-state index in [1.807, 2.05) is 0 Å². The predicted octanol–water partition coefficient (Wildman–Crippen LogP) is -3.04. The monoisotopic (exact) mass is 456 g/mol. The summed E-state index contributed by atoms with van der Waals surface area (Å²) in [6, 6.07) is -2.16. The molecule has 180 valence electrons. The molecule has 6 amide bonds. The summed E-state index contributed by atoms with van der Waals surface area (Å²) >= 11 is 0. The molecule has 13 nitrogen and oxygen atoms in total. The van der Waals surface area contributed by atoms with E-state index in [0.29, 0.717) is 6.41 Å². The number of ketones is 1. The second kappa shape index (κ2) is 13.7. The van der Waals surface area contributed by atoms with Gasteiger partial charge in [-0.05, 0) is 12.8 Å². The Balaban J connectivity index is 5.03. The van der Waals surface area contributed by atoms with Gasteiger partial charge in [0.2, 0.25) is 35.9 Å². The summed E-state index contributed by atoms with van der Waals surface area (Å²) in [5, 5.41) is 9.23. The number of nitrogens with two attached hydrogens (primary N) is 2. The topological polar surface area (TPSA) is 220 Å². The van der Waals surface area contributed by atoms with Crippen LogP contribution in [0.25, 0.3) is 0 Å². The van der Waals surface area contributed by atoms with Gasteiger partial charge in [-0.1, -0.05) is 20.8 Å². The van der Waals surface area contributed by atoms with Crippen LogP contribution >= 0.6 is 0 Å². The van der Waals surface area contributed by atoms with Crippen LogP contribution in [-0.2, 0) is 33.6 Å². The first kappa shape index (κ1) is 28.5. The predicted molar refractivity (Wildman–Crippen MR) is 112 cm³/mol. The molecule has 0 aromatic heterocycles. The van der Waals surface area contributed by atoms with E-state index in [2.05, 4.69) is 21.3 Å². The van der Waals surface area contributed by atoms with Gasteiger partial charge in [-0.25, -0.2) is 0 Å². The Hall–Kier alpha value is -3.51. The van der Waals surface area contributed by atoms with Crippen LogP contribution in [0.3, 0.4) is 0 Å². The van der Waals surface area contributed by atoms with Crippen molar-refractivity contribution >= 4 is 41.7 Å². The molecule has 0 bridgehead atoms. The van der Waals surface area contributed by atoms with Gasteiger partial charge in [0.25, 0.3) is 0 Å². The molecule has 0 heterocycles. The fourth-order valence-electron chi connectivity index (χ4n) is 2.55. The summed E-state index contributed by atoms with van der Waals surface area (Å²) in [5.41, 5.74) is 9.40. The van der Waals surface area contributed by atoms with Crippen molar-refractivity contribution in [3.8, 4) is 0 Å². The smallest absolute Gasteiger partial charge is 0.243 e. The van der Waals surface area contributed by atoms with E-state index in [-0.39, 0.29) is 38.0 Å². The number of carbonyl (C=O) groups is 7. The van der Waals surface area contributed by atoms with Crippen LogP contribution in [0.5, 0.6) is 0 Å². The van der Waals surface area contributed by atoms with Crippen LogP contribution in [0.15, 0.2) is 0 Å². The molecular formula is C19H32N6O7. The van der Waals surface area contributed by atoms with Crippen LogP contribution in [0, 0.1) is 5.41 Å². The molecule has 0 rings (SSSR count). The average molecular weight is 457 g/mol. The van der Waals surface area contributed by atoms with Crippen molar-refractivity contribution in [1.82, 2.24) is 21.3 Å². The Morgan fingerprint density at radius 2 is 1.28 bits per heavy atom. The van der Waals surface area contributed by atoms with Gasteiger partial charge in [0, 0.05) is 18.3 Å². The third kappa shape index (κ3) is 12.2. The third-order valence-corrected chi connectivity index (χ3v) is 4.17. The first-order chi connectivity index (χ1) is 14.8. The summed E-state index contributed by atoms with van der Waals surface area (Å²) in [5.74, 6) is -3.79. The van der Waals surface area contributed by atoms with Gasteiger partial charge in [-0.2, -0.15) is 0 Å². The van der Waals surface area contributed by atoms with Gasteiger partial charge in [0.15, 0.2) is 5.78 Å². The second-order valence-electron chi connectivity index (χ2n) is 8.08. The lowest BCUT2D eigenvalue weighted by Gasteiger charge is -2.25. The minimum atomic E-state index is -1.18. The summed E-state index contributed by atoms with van der Waals surface area (Å²) in [7, 11) is 0. The normalized spacial score (nSPS) is 12.6. The van der Waals surface area contributed by atoms with Gasteiger partial charge in [0.1, 0.15) is 6.04 Å². The first-order valence-electron chi connectivity index (χ1n) is 9.92. The van der Waals surface area contributed by atoms with Crippen molar-refractivity contribution < 1.29 is 33.6 Å². The molecule has 0 aliphatic rings. The van der Waals surface area contributed by atoms with Gasteiger partial charge >= 0.3 is 0 Å². The SMILES string of the molecule is CC(C)(C)C(=O)[C@H](CCC(N)=O)NC(=O)CNC(=O)[C@H](CCC(N)=O)NC(=O)CNC=O. The molecule has 2 atom stereocenters. The van der Waals surface area contributed by atoms with Crippen LogP contribution in [0.1, 0.15) is 46.5 Å². The van der Waals surface area contributed by atoms with E-state index in [4.69, 9.17) is 11.5 Å². The molecule has 0 aromatic carbocycles. The number of hydrogen-bond donors (Lipinski definition) is 6. The minimum absolute atomic E-state index is 0.00610. The van der Waals surface area contributed by atoms with Crippen LogP contribution in [0.2, 0.25) is 0 Å². The quantitative estimate of drug-likeness (QED) is 0.140. The summed E-state index contributed by atoms with van der Waals surface area (Å²) in [6.07, 6.45) is -0.141. The van der Waals surface area contributed by atoms with Crippen LogP contribution in [-0.4, -0.2) is 66.9 Å². The number of amides is 6. The van der Waals surface area contributed by atoms with Gasteiger partial charge in [-0.3, -0.25) is 33.6 Å². The molecule has 0 aliphatic heterocycles. The van der Waals surface area contributed by atoms with E-state index < -0.39 is 53.6 Å². The van der Waals surface area contributed by atoms with Crippen molar-refractivity contribution in [2.75, 3.05) is 13.1 Å². The number of rotatable bonds is 15. The van der Waals surface area contributed by atoms with E-state index in [1.54, 1.807) is 20.8 Å². The lowest BCUT2D eigenvalue weighted by atomic mass is 9.85. The number of Topliss-reactive ketones (excluding diaryl/α,β-unsaturated/α-hetero) is 1. The van der Waals surface area contributed by atoms with E-state index in [9.17, 15) is 33.6 Å². The molecule has 0 aliphatic carbocycles. The zero-order valence-corrected chi connectivity index (χ0v) is 18.5. The number of hydrogen-bond acceptors (Lipinski definition) is 7. The second-order valence-corrected chi connectivity index (χ2v) is 8.08. The highest BCUT2D eigenvalue weighted by Gasteiger charge is 2.31. The lowest BCUT2D eigenvalue weighted by Crippen LogP contribution is -2.52. The Kier molecular flexibility index (Phi) is 12.2. The zero-order valence-electron chi connectivity index (χ0n) is 18.5. The summed E-state index contributed by atoms with van der Waals surface area (Å²) in [4.78, 5) is 81.3. The Bertz CT molecular complexity index is 732. The average Bonchev–Trinajstić information content (AvgIpc) is 2.69. The van der Waals surface area contributed by atoms with E-state index >= 15 is 0 Å². The molecule has 0 fully saturated rings. The molecule has 0 unspecified atom stereocenters. The fraction of sp³-hybridized carbons (Fsp3) is 0.632. The van der Waals surface area contributed by atoms with Crippen molar-refractivity contribution in [3.63, 3.8) is 0 Å². The highest BCUT2D eigenvalue weighted by Crippen LogP contribution is 2.19. The minimum Gasteiger partial charge on any atom is -0.370 e. The maximum absolute atomic E-state index is 12.5. The van der Waals surface area contributed by atoms with E-state index in [1.165, 1.54) is 0 Å². The standard InChI is InChI=1S/C19H32N6O7/c1-19(2,3)17(31)11(4-6-13(20)27)24-16(30)9-23-18(32)12(5-7-14(21)28)25-15(29)8-22-10-26/h10-12H,4-9H2,1-3H3,(H2,20,27)(H2,21,28)(H,22,26)(H,23,32)(H,24,30)(H,25,29)/t11-,12-/m0/s1. The van der Waals surface area contributed by atoms with Crippen molar-refractivity contribution in [3.05, 3.63) is 0 Å². The number of primary amides is 2. The molecule has 0 radical (unpaired) electrons. The third-order valence-electron chi connectivity index (χ3n) is 4.17. The van der Waals surface area contributed by atoms with Gasteiger partial charge in [0.05, 0.1) is 19.1 Å². The molecule has 0 spiro atoms. The Morgan fingerprint density at radius 1 is 0.812 bits per heavy atom. The fourth-order valence-corrected chi connectivity index (χ4v) is 2.55. The number of nitrogens with one attached hydrogen (secondary N) is 4. The zero-order chi connectivity index (χ0) is 24.9. The van der Waals surface area contributed by atoms with Crippen molar-refractivity contribution in [2.45, 2.75) is 58.5 Å². The van der Waals surface area contributed by atoms with E-state index in [0.717, 1.165) is 0 Å². The summed E-state index contributed by atoms with van der Waals surface area (Å²) < 4.78 is 0. The lowest BCUT2D eigenvalue weighted by molar-refractivity contribution is -0.133. The Morgan fingerprint density at radius 3 is 1.75 bits per heavy atom. The van der Waals surface area contributed by atoms with Gasteiger partial charge < -0.3 is 32.7 Å². The molecule has 8 N–H and O–H groups in total. The molecule has 13 heteroatoms.